The molecule has 4 N–H and O–H groups in total. The van der Waals surface area contributed by atoms with E-state index in [-0.39, 0.29) is 25.3 Å². The lowest BCUT2D eigenvalue weighted by atomic mass is 9.95. The molecule has 2 aromatic rings. The molecule has 194 valence electrons. The molecule has 2 saturated heterocycles. The Bertz CT molecular complexity index is 1010. The van der Waals surface area contributed by atoms with E-state index in [4.69, 9.17) is 18.9 Å². The molecular weight excluding hydrogens is 468 g/mol. The number of hydrogen-bond donors (Lipinski definition) is 4. The maximum absolute atomic E-state index is 11.6. The first-order chi connectivity index (χ1) is 17.4. The third-order valence-corrected chi connectivity index (χ3v) is 6.77. The van der Waals surface area contributed by atoms with Crippen molar-refractivity contribution in [3.05, 3.63) is 36.4 Å². The summed E-state index contributed by atoms with van der Waals surface area (Å²) in [7, 11) is 3.15. The number of nitrogens with one attached hydrogen (secondary N) is 2. The summed E-state index contributed by atoms with van der Waals surface area (Å²) in [5, 5.41) is 25.7. The van der Waals surface area contributed by atoms with Gasteiger partial charge in [0.25, 0.3) is 0 Å². The maximum atomic E-state index is 11.6. The molecule has 0 spiro atoms. The van der Waals surface area contributed by atoms with Crippen LogP contribution < -0.4 is 20.1 Å². The van der Waals surface area contributed by atoms with Crippen LogP contribution in [0.15, 0.2) is 36.4 Å². The summed E-state index contributed by atoms with van der Waals surface area (Å²) in [6, 6.07) is 10.9. The van der Waals surface area contributed by atoms with Crippen molar-refractivity contribution in [2.24, 2.45) is 11.8 Å². The van der Waals surface area contributed by atoms with E-state index in [9.17, 15) is 19.8 Å². The number of rotatable bonds is 9. The average Bonchev–Trinajstić information content (AvgIpc) is 2.89. The number of methoxy groups -OCH3 is 2. The normalized spacial score (nSPS) is 23.9. The van der Waals surface area contributed by atoms with Crippen LogP contribution in [0.3, 0.4) is 0 Å². The summed E-state index contributed by atoms with van der Waals surface area (Å²) in [5.41, 5.74) is 3.20. The van der Waals surface area contributed by atoms with Crippen LogP contribution in [0.2, 0.25) is 0 Å². The van der Waals surface area contributed by atoms with E-state index >= 15 is 0 Å². The Morgan fingerprint density at radius 2 is 1.19 bits per heavy atom. The molecule has 2 aliphatic rings. The van der Waals surface area contributed by atoms with E-state index in [1.165, 1.54) is 0 Å². The molecule has 2 aliphatic heterocycles. The van der Waals surface area contributed by atoms with Gasteiger partial charge < -0.3 is 39.8 Å². The molecule has 4 atom stereocenters. The molecule has 2 aromatic carbocycles. The number of aliphatic carboxylic acids is 2. The Labute approximate surface area is 209 Å². The molecule has 2 fully saturated rings. The van der Waals surface area contributed by atoms with Gasteiger partial charge in [-0.1, -0.05) is 12.1 Å². The molecule has 0 aromatic heterocycles. The molecule has 0 radical (unpaired) electrons. The predicted molar refractivity (Wildman–Crippen MR) is 133 cm³/mol. The lowest BCUT2D eigenvalue weighted by molar-refractivity contribution is -0.147. The Hall–Kier alpha value is -3.50. The highest BCUT2D eigenvalue weighted by Crippen LogP contribution is 2.36. The van der Waals surface area contributed by atoms with Gasteiger partial charge in [-0.3, -0.25) is 9.59 Å². The van der Waals surface area contributed by atoms with Gasteiger partial charge in [-0.2, -0.15) is 0 Å². The zero-order valence-electron chi connectivity index (χ0n) is 20.4. The van der Waals surface area contributed by atoms with E-state index in [0.29, 0.717) is 48.9 Å². The minimum absolute atomic E-state index is 0.175. The van der Waals surface area contributed by atoms with Crippen LogP contribution in [0.25, 0.3) is 11.1 Å². The first kappa shape index (κ1) is 25.6. The summed E-state index contributed by atoms with van der Waals surface area (Å²) in [6.45, 7) is 1.36. The maximum Gasteiger partial charge on any atom is 0.310 e. The first-order valence-corrected chi connectivity index (χ1v) is 11.9. The van der Waals surface area contributed by atoms with Crippen LogP contribution >= 0.6 is 0 Å². The van der Waals surface area contributed by atoms with E-state index < -0.39 is 23.8 Å². The van der Waals surface area contributed by atoms with Crippen LogP contribution in [0.1, 0.15) is 12.8 Å². The second-order valence-electron chi connectivity index (χ2n) is 8.95. The van der Waals surface area contributed by atoms with E-state index in [1.807, 2.05) is 36.4 Å². The average molecular weight is 501 g/mol. The molecule has 10 nitrogen and oxygen atoms in total. The summed E-state index contributed by atoms with van der Waals surface area (Å²) in [4.78, 5) is 23.2. The topological polar surface area (TPSA) is 136 Å². The van der Waals surface area contributed by atoms with Gasteiger partial charge in [0.05, 0.1) is 38.8 Å². The Balaban J connectivity index is 1.54. The van der Waals surface area contributed by atoms with Crippen molar-refractivity contribution < 1.29 is 38.7 Å². The van der Waals surface area contributed by atoms with Crippen LogP contribution in [-0.2, 0) is 19.1 Å². The fraction of sp³-hybridized carbons (Fsp3) is 0.462. The van der Waals surface area contributed by atoms with Crippen LogP contribution in [0.5, 0.6) is 11.5 Å². The number of ether oxygens (including phenoxy) is 4. The zero-order valence-corrected chi connectivity index (χ0v) is 20.4. The van der Waals surface area contributed by atoms with Crippen molar-refractivity contribution in [1.29, 1.82) is 0 Å². The lowest BCUT2D eigenvalue weighted by Crippen LogP contribution is -2.42. The second-order valence-corrected chi connectivity index (χ2v) is 8.95. The summed E-state index contributed by atoms with van der Waals surface area (Å²) >= 11 is 0. The molecule has 36 heavy (non-hydrogen) atoms. The molecule has 4 unspecified atom stereocenters. The fourth-order valence-electron chi connectivity index (χ4n) is 4.69. The van der Waals surface area contributed by atoms with Crippen LogP contribution in [0, 0.1) is 11.8 Å². The fourth-order valence-corrected chi connectivity index (χ4v) is 4.69. The zero-order chi connectivity index (χ0) is 25.7. The van der Waals surface area contributed by atoms with Crippen molar-refractivity contribution in [3.63, 3.8) is 0 Å². The number of hydrogen-bond acceptors (Lipinski definition) is 8. The lowest BCUT2D eigenvalue weighted by Gasteiger charge is -2.31. The smallest absolute Gasteiger partial charge is 0.310 e. The molecular formula is C26H32N2O8. The monoisotopic (exact) mass is 500 g/mol. The van der Waals surface area contributed by atoms with Gasteiger partial charge in [-0.05, 0) is 48.2 Å². The Morgan fingerprint density at radius 3 is 1.56 bits per heavy atom. The molecule has 2 heterocycles. The number of carboxylic acid groups (broad SMARTS) is 2. The third kappa shape index (κ3) is 5.66. The minimum atomic E-state index is -0.890. The predicted octanol–water partition coefficient (Wildman–Crippen LogP) is 3.17. The van der Waals surface area contributed by atoms with Crippen molar-refractivity contribution in [3.8, 4) is 22.6 Å². The number of carbonyl (C=O) groups is 2. The van der Waals surface area contributed by atoms with Crippen molar-refractivity contribution in [2.75, 3.05) is 51.3 Å². The van der Waals surface area contributed by atoms with Gasteiger partial charge >= 0.3 is 11.9 Å². The van der Waals surface area contributed by atoms with Gasteiger partial charge in [0, 0.05) is 25.3 Å². The quantitative estimate of drug-likeness (QED) is 0.406. The van der Waals surface area contributed by atoms with E-state index in [2.05, 4.69) is 10.6 Å². The standard InChI is InChI=1S/C26H32N2O8/c1-33-23-11-15(3-5-21(23)27-19-7-9-35-13-17(19)25(29)30)16-4-6-22(24(12-16)34-2)28-20-8-10-36-14-18(20)26(31)32/h3-6,11-12,17-20,27-28H,7-10,13-14H2,1-2H3,(H,29,30)(H,31,32). The molecule has 10 heteroatoms. The third-order valence-electron chi connectivity index (χ3n) is 6.77. The van der Waals surface area contributed by atoms with E-state index in [0.717, 1.165) is 11.1 Å². The molecule has 0 saturated carbocycles. The van der Waals surface area contributed by atoms with Crippen molar-refractivity contribution >= 4 is 23.3 Å². The number of carboxylic acids is 2. The van der Waals surface area contributed by atoms with Gasteiger partial charge in [0.15, 0.2) is 0 Å². The first-order valence-electron chi connectivity index (χ1n) is 11.9. The highest BCUT2D eigenvalue weighted by Gasteiger charge is 2.33. The van der Waals surface area contributed by atoms with Crippen LogP contribution in [0.4, 0.5) is 11.4 Å². The van der Waals surface area contributed by atoms with Gasteiger partial charge in [0.1, 0.15) is 23.3 Å². The summed E-state index contributed by atoms with van der Waals surface area (Å²) in [5.74, 6) is -1.86. The minimum Gasteiger partial charge on any atom is -0.495 e. The van der Waals surface area contributed by atoms with Crippen molar-refractivity contribution in [1.82, 2.24) is 0 Å². The highest BCUT2D eigenvalue weighted by molar-refractivity contribution is 5.77. The Morgan fingerprint density at radius 1 is 0.778 bits per heavy atom. The largest absolute Gasteiger partial charge is 0.495 e. The van der Waals surface area contributed by atoms with Gasteiger partial charge in [0.2, 0.25) is 0 Å². The van der Waals surface area contributed by atoms with Gasteiger partial charge in [-0.15, -0.1) is 0 Å². The van der Waals surface area contributed by atoms with Crippen LogP contribution in [-0.4, -0.2) is 74.9 Å². The molecule has 4 rings (SSSR count). The highest BCUT2D eigenvalue weighted by atomic mass is 16.5. The van der Waals surface area contributed by atoms with Crippen molar-refractivity contribution in [2.45, 2.75) is 24.9 Å². The van der Waals surface area contributed by atoms with Gasteiger partial charge in [-0.25, -0.2) is 0 Å². The van der Waals surface area contributed by atoms with E-state index in [1.54, 1.807) is 14.2 Å². The SMILES string of the molecule is COc1cc(-c2ccc(NC3CCOCC3C(=O)O)c(OC)c2)ccc1NC1CCOCC1C(=O)O. The molecule has 0 aliphatic carbocycles. The Kier molecular flexibility index (Phi) is 8.17. The molecule has 0 bridgehead atoms. The molecule has 0 amide bonds. The number of benzene rings is 2. The number of anilines is 2. The summed E-state index contributed by atoms with van der Waals surface area (Å²) in [6.07, 6.45) is 1.17. The summed E-state index contributed by atoms with van der Waals surface area (Å²) < 4.78 is 21.9. The second kappa shape index (κ2) is 11.5.